The Balaban J connectivity index is 1.70. The first-order valence-electron chi connectivity index (χ1n) is 8.66. The van der Waals surface area contributed by atoms with Crippen molar-refractivity contribution in [1.82, 2.24) is 0 Å². The largest absolute Gasteiger partial charge is 0.289 e. The molecule has 28 heavy (non-hydrogen) atoms. The number of benzene rings is 4. The Morgan fingerprint density at radius 2 is 0.821 bits per heavy atom. The minimum absolute atomic E-state index is 0.225. The number of halogens is 2. The molecule has 0 fully saturated rings. The fourth-order valence-corrected chi connectivity index (χ4v) is 3.07. The van der Waals surface area contributed by atoms with Crippen molar-refractivity contribution in [2.45, 2.75) is 0 Å². The fourth-order valence-electron chi connectivity index (χ4n) is 3.07. The van der Waals surface area contributed by atoms with Gasteiger partial charge in [0, 0.05) is 22.3 Å². The standard InChI is InChI=1S/C24H14F2O2/c25-21-9-5-16(6-10-21)23(27)18-3-1-15-2-4-19(14-20(15)13-18)24(28)17-7-11-22(26)12-8-17/h1-14H. The van der Waals surface area contributed by atoms with Gasteiger partial charge in [-0.1, -0.05) is 24.3 Å². The van der Waals surface area contributed by atoms with E-state index in [0.717, 1.165) is 10.8 Å². The molecule has 0 atom stereocenters. The van der Waals surface area contributed by atoms with Gasteiger partial charge in [0.05, 0.1) is 0 Å². The van der Waals surface area contributed by atoms with Gasteiger partial charge >= 0.3 is 0 Å². The molecular weight excluding hydrogens is 358 g/mol. The van der Waals surface area contributed by atoms with Gasteiger partial charge in [-0.25, -0.2) is 8.78 Å². The molecule has 0 radical (unpaired) electrons. The summed E-state index contributed by atoms with van der Waals surface area (Å²) in [4.78, 5) is 25.3. The maximum atomic E-state index is 13.1. The van der Waals surface area contributed by atoms with Crippen molar-refractivity contribution in [1.29, 1.82) is 0 Å². The molecular formula is C24H14F2O2. The minimum atomic E-state index is -0.404. The molecule has 0 bridgehead atoms. The highest BCUT2D eigenvalue weighted by Crippen LogP contribution is 2.22. The number of hydrogen-bond donors (Lipinski definition) is 0. The summed E-state index contributed by atoms with van der Waals surface area (Å²) in [5.41, 5.74) is 1.68. The normalized spacial score (nSPS) is 10.8. The summed E-state index contributed by atoms with van der Waals surface area (Å²) in [5, 5.41) is 1.62. The number of fused-ring (bicyclic) bond motifs is 1. The van der Waals surface area contributed by atoms with E-state index in [1.807, 2.05) is 0 Å². The first-order valence-corrected chi connectivity index (χ1v) is 8.66. The van der Waals surface area contributed by atoms with Gasteiger partial charge in [0.1, 0.15) is 11.6 Å². The third kappa shape index (κ3) is 3.45. The van der Waals surface area contributed by atoms with E-state index in [9.17, 15) is 18.4 Å². The fraction of sp³-hybridized carbons (Fsp3) is 0. The van der Waals surface area contributed by atoms with Gasteiger partial charge in [0.25, 0.3) is 0 Å². The lowest BCUT2D eigenvalue weighted by Gasteiger charge is -2.06. The molecule has 0 aliphatic heterocycles. The van der Waals surface area contributed by atoms with Gasteiger partial charge in [0.15, 0.2) is 11.6 Å². The van der Waals surface area contributed by atoms with Crippen LogP contribution in [0.25, 0.3) is 10.8 Å². The van der Waals surface area contributed by atoms with Gasteiger partial charge in [0.2, 0.25) is 0 Å². The third-order valence-electron chi connectivity index (χ3n) is 4.58. The first-order chi connectivity index (χ1) is 13.5. The molecule has 4 rings (SSSR count). The van der Waals surface area contributed by atoms with Crippen LogP contribution in [0.4, 0.5) is 8.78 Å². The van der Waals surface area contributed by atoms with Crippen molar-refractivity contribution in [3.05, 3.63) is 119 Å². The van der Waals surface area contributed by atoms with Crippen LogP contribution in [-0.4, -0.2) is 11.6 Å². The third-order valence-corrected chi connectivity index (χ3v) is 4.58. The molecule has 136 valence electrons. The predicted molar refractivity (Wildman–Crippen MR) is 104 cm³/mol. The highest BCUT2D eigenvalue weighted by atomic mass is 19.1. The first kappa shape index (κ1) is 17.7. The van der Waals surface area contributed by atoms with Crippen LogP contribution in [0, 0.1) is 11.6 Å². The highest BCUT2D eigenvalue weighted by molar-refractivity contribution is 6.13. The second-order valence-electron chi connectivity index (χ2n) is 6.45. The summed E-state index contributed by atoms with van der Waals surface area (Å²) in [6.45, 7) is 0. The Morgan fingerprint density at radius 1 is 0.464 bits per heavy atom. The van der Waals surface area contributed by atoms with Crippen LogP contribution in [0.15, 0.2) is 84.9 Å². The van der Waals surface area contributed by atoms with Crippen LogP contribution in [0.5, 0.6) is 0 Å². The van der Waals surface area contributed by atoms with E-state index in [2.05, 4.69) is 0 Å². The van der Waals surface area contributed by atoms with Gasteiger partial charge in [-0.2, -0.15) is 0 Å². The Bertz CT molecular complexity index is 1100. The molecule has 0 heterocycles. The summed E-state index contributed by atoms with van der Waals surface area (Å²) in [5.74, 6) is -1.26. The second-order valence-corrected chi connectivity index (χ2v) is 6.45. The quantitative estimate of drug-likeness (QED) is 0.438. The van der Waals surface area contributed by atoms with E-state index in [0.29, 0.717) is 22.3 Å². The van der Waals surface area contributed by atoms with E-state index in [-0.39, 0.29) is 11.6 Å². The molecule has 2 nitrogen and oxygen atoms in total. The molecule has 0 aliphatic carbocycles. The van der Waals surface area contributed by atoms with Crippen molar-refractivity contribution in [3.63, 3.8) is 0 Å². The van der Waals surface area contributed by atoms with Crippen LogP contribution in [0.2, 0.25) is 0 Å². The zero-order valence-corrected chi connectivity index (χ0v) is 14.7. The molecule has 0 aliphatic rings. The van der Waals surface area contributed by atoms with Crippen molar-refractivity contribution in [3.8, 4) is 0 Å². The number of rotatable bonds is 4. The Morgan fingerprint density at radius 3 is 1.21 bits per heavy atom. The zero-order chi connectivity index (χ0) is 19.7. The van der Waals surface area contributed by atoms with E-state index < -0.39 is 11.6 Å². The molecule has 0 saturated heterocycles. The molecule has 0 spiro atoms. The topological polar surface area (TPSA) is 34.1 Å². The van der Waals surface area contributed by atoms with Crippen LogP contribution >= 0.6 is 0 Å². The van der Waals surface area contributed by atoms with E-state index in [1.165, 1.54) is 48.5 Å². The molecule has 0 amide bonds. The van der Waals surface area contributed by atoms with Crippen molar-refractivity contribution >= 4 is 22.3 Å². The van der Waals surface area contributed by atoms with Crippen LogP contribution < -0.4 is 0 Å². The van der Waals surface area contributed by atoms with Crippen LogP contribution in [0.1, 0.15) is 31.8 Å². The minimum Gasteiger partial charge on any atom is -0.289 e. The molecule has 0 saturated carbocycles. The lowest BCUT2D eigenvalue weighted by Crippen LogP contribution is -2.03. The molecule has 4 aromatic carbocycles. The summed E-state index contributed by atoms with van der Waals surface area (Å²) in [6, 6.07) is 21.2. The smallest absolute Gasteiger partial charge is 0.193 e. The lowest BCUT2D eigenvalue weighted by atomic mass is 9.96. The van der Waals surface area contributed by atoms with E-state index in [4.69, 9.17) is 0 Å². The second kappa shape index (κ2) is 7.16. The highest BCUT2D eigenvalue weighted by Gasteiger charge is 2.13. The van der Waals surface area contributed by atoms with E-state index in [1.54, 1.807) is 36.4 Å². The van der Waals surface area contributed by atoms with Crippen LogP contribution in [-0.2, 0) is 0 Å². The SMILES string of the molecule is O=C(c1ccc(F)cc1)c1ccc2ccc(C(=O)c3ccc(F)cc3)cc2c1. The van der Waals surface area contributed by atoms with Gasteiger partial charge in [-0.15, -0.1) is 0 Å². The molecule has 0 unspecified atom stereocenters. The summed E-state index contributed by atoms with van der Waals surface area (Å²) < 4.78 is 26.2. The number of ketones is 2. The number of carbonyl (C=O) groups excluding carboxylic acids is 2. The Kier molecular flexibility index (Phi) is 4.53. The zero-order valence-electron chi connectivity index (χ0n) is 14.7. The van der Waals surface area contributed by atoms with Gasteiger partial charge in [-0.3, -0.25) is 9.59 Å². The monoisotopic (exact) mass is 372 g/mol. The average molecular weight is 372 g/mol. The molecule has 0 aromatic heterocycles. The van der Waals surface area contributed by atoms with Gasteiger partial charge < -0.3 is 0 Å². The molecule has 4 aromatic rings. The summed E-state index contributed by atoms with van der Waals surface area (Å²) in [6.07, 6.45) is 0. The number of carbonyl (C=O) groups is 2. The Hall–Kier alpha value is -3.66. The van der Waals surface area contributed by atoms with Crippen LogP contribution in [0.3, 0.4) is 0 Å². The molecule has 4 heteroatoms. The van der Waals surface area contributed by atoms with E-state index >= 15 is 0 Å². The van der Waals surface area contributed by atoms with Crippen molar-refractivity contribution in [2.75, 3.05) is 0 Å². The number of hydrogen-bond acceptors (Lipinski definition) is 2. The maximum Gasteiger partial charge on any atom is 0.193 e. The maximum absolute atomic E-state index is 13.1. The summed E-state index contributed by atoms with van der Waals surface area (Å²) >= 11 is 0. The summed E-state index contributed by atoms with van der Waals surface area (Å²) in [7, 11) is 0. The average Bonchev–Trinajstić information content (AvgIpc) is 2.73. The Labute approximate surface area is 160 Å². The van der Waals surface area contributed by atoms with Crippen molar-refractivity contribution in [2.24, 2.45) is 0 Å². The lowest BCUT2D eigenvalue weighted by molar-refractivity contribution is 0.103. The van der Waals surface area contributed by atoms with Crippen molar-refractivity contribution < 1.29 is 18.4 Å². The predicted octanol–water partition coefficient (Wildman–Crippen LogP) is 5.58. The van der Waals surface area contributed by atoms with Gasteiger partial charge in [-0.05, 0) is 71.4 Å². The molecule has 0 N–H and O–H groups in total.